The molecule has 0 saturated heterocycles. The molecule has 0 radical (unpaired) electrons. The molecule has 5 heteroatoms. The summed E-state index contributed by atoms with van der Waals surface area (Å²) in [6, 6.07) is 14.4. The first-order valence-electron chi connectivity index (χ1n) is 9.33. The average Bonchev–Trinajstić information content (AvgIpc) is 2.99. The minimum Gasteiger partial charge on any atom is -0.497 e. The van der Waals surface area contributed by atoms with E-state index in [0.717, 1.165) is 53.0 Å². The van der Waals surface area contributed by atoms with E-state index in [1.807, 2.05) is 25.3 Å². The van der Waals surface area contributed by atoms with Gasteiger partial charge >= 0.3 is 0 Å². The molecule has 0 fully saturated rings. The fourth-order valence-electron chi connectivity index (χ4n) is 2.98. The van der Waals surface area contributed by atoms with Gasteiger partial charge in [0.15, 0.2) is 6.29 Å². The number of methoxy groups -OCH3 is 1. The number of allylic oxidation sites excluding steroid dienone is 2. The van der Waals surface area contributed by atoms with Crippen LogP contribution in [0.15, 0.2) is 60.3 Å². The molecule has 28 heavy (non-hydrogen) atoms. The molecule has 1 aliphatic heterocycles. The lowest BCUT2D eigenvalue weighted by Crippen LogP contribution is -2.06. The zero-order valence-corrected chi connectivity index (χ0v) is 16.7. The summed E-state index contributed by atoms with van der Waals surface area (Å²) < 4.78 is 5.23. The van der Waals surface area contributed by atoms with Gasteiger partial charge in [-0.1, -0.05) is 18.2 Å². The van der Waals surface area contributed by atoms with Crippen LogP contribution < -0.4 is 15.4 Å². The maximum absolute atomic E-state index is 11.2. The topological polar surface area (TPSA) is 70.6 Å². The van der Waals surface area contributed by atoms with Crippen molar-refractivity contribution in [1.82, 2.24) is 5.32 Å². The second-order valence-electron chi connectivity index (χ2n) is 6.19. The maximum Gasteiger partial charge on any atom is 0.151 e. The molecular formula is C23H28N2O3. The fourth-order valence-corrected chi connectivity index (χ4v) is 2.98. The number of aliphatic hydroxyl groups excluding tert-OH is 1. The average molecular weight is 380 g/mol. The van der Waals surface area contributed by atoms with E-state index in [0.29, 0.717) is 5.57 Å². The Kier molecular flexibility index (Phi) is 8.31. The molecule has 1 heterocycles. The summed E-state index contributed by atoms with van der Waals surface area (Å²) in [7, 11) is 3.58. The number of benzene rings is 2. The van der Waals surface area contributed by atoms with E-state index in [4.69, 9.17) is 9.84 Å². The Morgan fingerprint density at radius 3 is 2.46 bits per heavy atom. The minimum absolute atomic E-state index is 0.250. The van der Waals surface area contributed by atoms with Gasteiger partial charge in [0.2, 0.25) is 0 Å². The van der Waals surface area contributed by atoms with Crippen molar-refractivity contribution in [3.05, 3.63) is 65.9 Å². The van der Waals surface area contributed by atoms with E-state index in [1.54, 1.807) is 20.2 Å². The first-order chi connectivity index (χ1) is 13.7. The zero-order chi connectivity index (χ0) is 20.4. The molecule has 0 amide bonds. The Bertz CT molecular complexity index is 839. The molecule has 0 atom stereocenters. The van der Waals surface area contributed by atoms with Gasteiger partial charge in [-0.25, -0.2) is 0 Å². The number of hydrogen-bond acceptors (Lipinski definition) is 5. The highest BCUT2D eigenvalue weighted by atomic mass is 16.5. The van der Waals surface area contributed by atoms with Crippen molar-refractivity contribution in [2.24, 2.45) is 0 Å². The second kappa shape index (κ2) is 10.9. The molecule has 0 spiro atoms. The molecule has 1 aliphatic rings. The summed E-state index contributed by atoms with van der Waals surface area (Å²) in [5, 5.41) is 14.0. The van der Waals surface area contributed by atoms with Gasteiger partial charge < -0.3 is 20.5 Å². The Labute approximate surface area is 166 Å². The van der Waals surface area contributed by atoms with Gasteiger partial charge in [0, 0.05) is 43.2 Å². The highest BCUT2D eigenvalue weighted by molar-refractivity contribution is 5.87. The predicted octanol–water partition coefficient (Wildman–Crippen LogP) is 3.86. The predicted molar refractivity (Wildman–Crippen MR) is 115 cm³/mol. The van der Waals surface area contributed by atoms with Crippen molar-refractivity contribution in [2.45, 2.75) is 13.3 Å². The van der Waals surface area contributed by atoms with E-state index >= 15 is 0 Å². The Balaban J connectivity index is 0.000000878. The van der Waals surface area contributed by atoms with E-state index in [1.165, 1.54) is 0 Å². The van der Waals surface area contributed by atoms with Crippen LogP contribution in [0.2, 0.25) is 0 Å². The van der Waals surface area contributed by atoms with Crippen LogP contribution in [0, 0.1) is 0 Å². The summed E-state index contributed by atoms with van der Waals surface area (Å²) in [6.45, 7) is 2.74. The molecule has 2 aromatic carbocycles. The molecule has 3 rings (SSSR count). The third-order valence-corrected chi connectivity index (χ3v) is 4.34. The minimum atomic E-state index is 0.250. The Morgan fingerprint density at radius 2 is 1.86 bits per heavy atom. The summed E-state index contributed by atoms with van der Waals surface area (Å²) in [5.74, 6) is 0.842. The highest BCUT2D eigenvalue weighted by Gasteiger charge is 2.12. The molecule has 5 nitrogen and oxygen atoms in total. The SMILES string of the molecule is CCO.CNc1ccc(-c2ccc(OC)cc2)cc1C1=CC(C=O)=CNCC1. The number of aliphatic hydroxyl groups is 1. The number of ether oxygens (including phenoxy) is 1. The van der Waals surface area contributed by atoms with Crippen LogP contribution in [0.3, 0.4) is 0 Å². The number of rotatable bonds is 5. The molecule has 148 valence electrons. The van der Waals surface area contributed by atoms with Gasteiger partial charge in [0.05, 0.1) is 7.11 Å². The van der Waals surface area contributed by atoms with Crippen molar-refractivity contribution >= 4 is 17.5 Å². The van der Waals surface area contributed by atoms with E-state index in [2.05, 4.69) is 41.0 Å². The first-order valence-corrected chi connectivity index (χ1v) is 9.33. The van der Waals surface area contributed by atoms with Gasteiger partial charge in [0.25, 0.3) is 0 Å². The zero-order valence-electron chi connectivity index (χ0n) is 16.7. The lowest BCUT2D eigenvalue weighted by atomic mass is 9.94. The molecule has 3 N–H and O–H groups in total. The summed E-state index contributed by atoms with van der Waals surface area (Å²) in [4.78, 5) is 11.2. The summed E-state index contributed by atoms with van der Waals surface area (Å²) in [5.41, 5.74) is 6.23. The third-order valence-electron chi connectivity index (χ3n) is 4.34. The summed E-state index contributed by atoms with van der Waals surface area (Å²) >= 11 is 0. The number of carbonyl (C=O) groups is 1. The molecule has 0 unspecified atom stereocenters. The second-order valence-corrected chi connectivity index (χ2v) is 6.19. The number of carbonyl (C=O) groups excluding carboxylic acids is 1. The number of aldehydes is 1. The lowest BCUT2D eigenvalue weighted by molar-refractivity contribution is -0.104. The molecule has 2 aromatic rings. The Morgan fingerprint density at radius 1 is 1.18 bits per heavy atom. The summed E-state index contributed by atoms with van der Waals surface area (Å²) in [6.07, 6.45) is 5.46. The molecule has 0 aliphatic carbocycles. The maximum atomic E-state index is 11.2. The third kappa shape index (κ3) is 5.47. The van der Waals surface area contributed by atoms with Gasteiger partial charge in [-0.15, -0.1) is 0 Å². The van der Waals surface area contributed by atoms with Crippen molar-refractivity contribution in [3.63, 3.8) is 0 Å². The van der Waals surface area contributed by atoms with Gasteiger partial charge in [0.1, 0.15) is 5.75 Å². The Hall–Kier alpha value is -3.05. The van der Waals surface area contributed by atoms with E-state index in [9.17, 15) is 4.79 Å². The van der Waals surface area contributed by atoms with Crippen molar-refractivity contribution in [1.29, 1.82) is 0 Å². The number of nitrogens with one attached hydrogen (secondary N) is 2. The van der Waals surface area contributed by atoms with Gasteiger partial charge in [-0.05, 0) is 60.4 Å². The van der Waals surface area contributed by atoms with Crippen LogP contribution in [0.1, 0.15) is 18.9 Å². The van der Waals surface area contributed by atoms with Crippen molar-refractivity contribution in [3.8, 4) is 16.9 Å². The largest absolute Gasteiger partial charge is 0.497 e. The monoisotopic (exact) mass is 380 g/mol. The standard InChI is InChI=1S/C21H22N2O2.C2H6O/c1-22-21-8-5-17(16-3-6-19(25-2)7-4-16)12-20(21)18-9-10-23-13-15(11-18)14-24;1-2-3/h3-8,11-14,22-23H,9-10H2,1-2H3;3H,2H2,1H3. The van der Waals surface area contributed by atoms with Gasteiger partial charge in [-0.2, -0.15) is 0 Å². The highest BCUT2D eigenvalue weighted by Crippen LogP contribution is 2.33. The quantitative estimate of drug-likeness (QED) is 0.687. The molecule has 0 aromatic heterocycles. The van der Waals surface area contributed by atoms with Crippen LogP contribution >= 0.6 is 0 Å². The smallest absolute Gasteiger partial charge is 0.151 e. The molecular weight excluding hydrogens is 352 g/mol. The van der Waals surface area contributed by atoms with Crippen LogP contribution in [0.4, 0.5) is 5.69 Å². The van der Waals surface area contributed by atoms with E-state index < -0.39 is 0 Å². The first kappa shape index (κ1) is 21.3. The van der Waals surface area contributed by atoms with Crippen molar-refractivity contribution in [2.75, 3.05) is 32.6 Å². The normalized spacial score (nSPS) is 13.0. The molecule has 0 saturated carbocycles. The fraction of sp³-hybridized carbons (Fsp3) is 0.261. The van der Waals surface area contributed by atoms with E-state index in [-0.39, 0.29) is 6.61 Å². The van der Waals surface area contributed by atoms with Crippen LogP contribution in [-0.2, 0) is 4.79 Å². The lowest BCUT2D eigenvalue weighted by Gasteiger charge is -2.15. The van der Waals surface area contributed by atoms with Crippen LogP contribution in [0.5, 0.6) is 5.75 Å². The number of anilines is 1. The van der Waals surface area contributed by atoms with Crippen LogP contribution in [0.25, 0.3) is 16.7 Å². The molecule has 0 bridgehead atoms. The van der Waals surface area contributed by atoms with Crippen molar-refractivity contribution < 1.29 is 14.6 Å². The van der Waals surface area contributed by atoms with Crippen LogP contribution in [-0.4, -0.2) is 38.7 Å². The number of hydrogen-bond donors (Lipinski definition) is 3. The van der Waals surface area contributed by atoms with Gasteiger partial charge in [-0.3, -0.25) is 4.79 Å².